The summed E-state index contributed by atoms with van der Waals surface area (Å²) < 4.78 is 38.9. The van der Waals surface area contributed by atoms with E-state index in [4.69, 9.17) is 50.4 Å². The van der Waals surface area contributed by atoms with Crippen molar-refractivity contribution in [2.75, 3.05) is 61.4 Å². The van der Waals surface area contributed by atoms with E-state index in [0.29, 0.717) is 93.5 Å². The van der Waals surface area contributed by atoms with Crippen LogP contribution in [0.2, 0.25) is 0 Å². The maximum absolute atomic E-state index is 13.1. The van der Waals surface area contributed by atoms with Crippen molar-refractivity contribution in [3.8, 4) is 23.0 Å². The van der Waals surface area contributed by atoms with Crippen LogP contribution in [0.1, 0.15) is 159 Å². The van der Waals surface area contributed by atoms with Gasteiger partial charge in [0.15, 0.2) is 23.0 Å². The summed E-state index contributed by atoms with van der Waals surface area (Å²) in [5.41, 5.74) is 16.8. The van der Waals surface area contributed by atoms with Crippen molar-refractivity contribution in [1.82, 2.24) is 4.98 Å². The molecule has 17 nitrogen and oxygen atoms in total. The highest BCUT2D eigenvalue weighted by molar-refractivity contribution is 14.0. The van der Waals surface area contributed by atoms with E-state index in [1.807, 2.05) is 26.0 Å². The molecule has 8 N–H and O–H groups in total. The average Bonchev–Trinajstić information content (AvgIpc) is 2.67. The van der Waals surface area contributed by atoms with Crippen LogP contribution in [0.25, 0.3) is 0 Å². The molecule has 1 fully saturated rings. The van der Waals surface area contributed by atoms with Crippen LogP contribution in [0.4, 0.5) is 0 Å². The minimum atomic E-state index is -0.718. The summed E-state index contributed by atoms with van der Waals surface area (Å²) in [6.45, 7) is 31.3. The minimum Gasteiger partial charge on any atom is -0.493 e. The average molecular weight is 1320 g/mol. The van der Waals surface area contributed by atoms with Crippen LogP contribution in [0, 0.1) is 70.0 Å². The fourth-order valence-corrected chi connectivity index (χ4v) is 9.76. The molecule has 0 bridgehead atoms. The molecule has 8 atom stereocenters. The van der Waals surface area contributed by atoms with Crippen LogP contribution in [-0.2, 0) is 46.2 Å². The number of rotatable bonds is 35. The van der Waals surface area contributed by atoms with Gasteiger partial charge in [-0.25, -0.2) is 0 Å². The summed E-state index contributed by atoms with van der Waals surface area (Å²) in [7, 11) is 6.69. The van der Waals surface area contributed by atoms with E-state index >= 15 is 0 Å². The second-order valence-corrected chi connectivity index (χ2v) is 25.8. The molecule has 18 heteroatoms. The summed E-state index contributed by atoms with van der Waals surface area (Å²) >= 11 is 0. The number of hydrogen-bond donors (Lipinski definition) is 5. The Bertz CT molecular complexity index is 2430. The number of H-pyrrole nitrogens is 1. The summed E-state index contributed by atoms with van der Waals surface area (Å²) in [4.78, 5) is 60.0. The third-order valence-corrected chi connectivity index (χ3v) is 16.6. The van der Waals surface area contributed by atoms with Crippen molar-refractivity contribution in [3.63, 3.8) is 0 Å². The predicted octanol–water partition coefficient (Wildman–Crippen LogP) is 11.8. The summed E-state index contributed by atoms with van der Waals surface area (Å²) in [6, 6.07) is 17.3. The van der Waals surface area contributed by atoms with Crippen molar-refractivity contribution in [2.45, 2.75) is 173 Å². The van der Waals surface area contributed by atoms with Gasteiger partial charge in [-0.15, -0.1) is 24.0 Å². The van der Waals surface area contributed by atoms with Crippen LogP contribution in [-0.4, -0.2) is 107 Å². The molecule has 0 unspecified atom stereocenters. The highest BCUT2D eigenvalue weighted by atomic mass is 127. The first-order valence-electron chi connectivity index (χ1n) is 30.8. The zero-order valence-electron chi connectivity index (χ0n) is 55.8. The van der Waals surface area contributed by atoms with Gasteiger partial charge in [-0.1, -0.05) is 101 Å². The number of halogens is 1. The summed E-state index contributed by atoms with van der Waals surface area (Å²) in [5.74, 6) is 4.79. The van der Waals surface area contributed by atoms with E-state index in [1.54, 1.807) is 74.5 Å². The number of carbonyl (C=O) groups is 4. The largest absolute Gasteiger partial charge is 0.493 e. The maximum atomic E-state index is 13.1. The first-order chi connectivity index (χ1) is 39.9. The van der Waals surface area contributed by atoms with Crippen molar-refractivity contribution in [2.24, 2.45) is 87.2 Å². The zero-order valence-corrected chi connectivity index (χ0v) is 58.1. The molecule has 1 aliphatic rings. The van der Waals surface area contributed by atoms with Gasteiger partial charge >= 0.3 is 5.97 Å². The van der Waals surface area contributed by atoms with Crippen molar-refractivity contribution in [3.05, 3.63) is 82.3 Å². The van der Waals surface area contributed by atoms with E-state index in [-0.39, 0.29) is 77.0 Å². The standard InChI is InChI=1S/C32H55NO6.C26H42O5.C5H12N2O.C5H5NO.HI/c1-21(2)25(18-24-11-12-29(38-9)30(19-24)39-16-10-15-37-8)17-23(5)28(35)20-26(22(3)4)27(34)13-14-32(6,7)31(33)36;1-17(2)21(13-19(5)24-16-22(18(3)4)26(27)31-24)14-20-9-10-23(29-7)25(15-20)30-12-8-11-28-6;1-5(2,3-6)4(7)8;7-5-3-1-2-4-6-5;/h11-12,19,21-23,25-26,28,35H,10,13-18,20H2,1-9H3,(H2,33,36);9-10,15,17-19,21-22,24H,8,11-14,16H2,1-7H3;3,6H2,1-2H3,(H2,7,8);1-4H,(H,6,7);1H/t23-,25+,26-,28-;19-,21+,22-,24-;;;/m00.../s1. The molecule has 1 aromatic heterocycles. The number of ether oxygens (including phenoxy) is 7. The number of Topliss-reactive ketones (excluding diaryl/α,β-unsaturated/α-hetero) is 1. The molecule has 492 valence electrons. The molecule has 2 heterocycles. The van der Waals surface area contributed by atoms with Crippen LogP contribution in [0.3, 0.4) is 0 Å². The first-order valence-corrected chi connectivity index (χ1v) is 30.8. The Morgan fingerprint density at radius 1 is 0.663 bits per heavy atom. The number of primary amides is 2. The van der Waals surface area contributed by atoms with E-state index in [1.165, 1.54) is 17.2 Å². The lowest BCUT2D eigenvalue weighted by molar-refractivity contribution is -0.147. The molecule has 1 saturated heterocycles. The number of esters is 1. The van der Waals surface area contributed by atoms with Gasteiger partial charge in [0.05, 0.1) is 44.9 Å². The van der Waals surface area contributed by atoms with Crippen molar-refractivity contribution in [1.29, 1.82) is 0 Å². The lowest BCUT2D eigenvalue weighted by atomic mass is 9.76. The number of methoxy groups -OCH3 is 4. The lowest BCUT2D eigenvalue weighted by Gasteiger charge is -2.30. The molecular formula is C68H115IN4O13. The van der Waals surface area contributed by atoms with Crippen LogP contribution < -0.4 is 41.7 Å². The van der Waals surface area contributed by atoms with Crippen molar-refractivity contribution >= 4 is 47.5 Å². The number of benzene rings is 2. The molecular weight excluding hydrogens is 1210 g/mol. The maximum Gasteiger partial charge on any atom is 0.309 e. The number of aromatic amines is 1. The number of amides is 2. The Hall–Kier alpha value is -4.76. The minimum absolute atomic E-state index is 0. The number of aliphatic hydroxyl groups is 1. The molecule has 0 aliphatic carbocycles. The lowest BCUT2D eigenvalue weighted by Crippen LogP contribution is -2.37. The van der Waals surface area contributed by atoms with E-state index in [9.17, 15) is 29.1 Å². The highest BCUT2D eigenvalue weighted by Gasteiger charge is 2.40. The number of cyclic esters (lactones) is 1. The Labute approximate surface area is 534 Å². The fourth-order valence-electron chi connectivity index (χ4n) is 9.76. The van der Waals surface area contributed by atoms with Gasteiger partial charge in [0.1, 0.15) is 11.9 Å². The second kappa shape index (κ2) is 42.2. The number of ketones is 1. The number of nitrogens with one attached hydrogen (secondary N) is 1. The predicted molar refractivity (Wildman–Crippen MR) is 355 cm³/mol. The van der Waals surface area contributed by atoms with Gasteiger partial charge in [-0.3, -0.25) is 24.0 Å². The number of carbonyl (C=O) groups excluding carboxylic acids is 4. The van der Waals surface area contributed by atoms with E-state index < -0.39 is 22.8 Å². The molecule has 1 aliphatic heterocycles. The molecule has 2 aromatic carbocycles. The Balaban J connectivity index is 0.00000135. The fraction of sp³-hybridized carbons (Fsp3) is 0.691. The SMILES string of the molecule is CC(C)(CN)C(N)=O.COCCCOc1cc(C[C@@H](C[C@H](C)[C@@H](O)C[C@H](C(=O)CCC(C)(C)C(N)=O)C(C)C)C(C)C)ccc1OC.COCCCOc1cc(C[C@@H](C[C@H](C)[C@@H]2C[C@@H](C(C)C)C(=O)O2)C(C)C)ccc1OC.I.O=c1cccc[nH]1. The Morgan fingerprint density at radius 2 is 1.15 bits per heavy atom. The molecule has 86 heavy (non-hydrogen) atoms. The van der Waals surface area contributed by atoms with Crippen LogP contribution >= 0.6 is 24.0 Å². The Morgan fingerprint density at radius 3 is 1.50 bits per heavy atom. The molecule has 0 saturated carbocycles. The van der Waals surface area contributed by atoms with Gasteiger partial charge in [-0.05, 0) is 148 Å². The van der Waals surface area contributed by atoms with Crippen LogP contribution in [0.15, 0.2) is 65.6 Å². The summed E-state index contributed by atoms with van der Waals surface area (Å²) in [5, 5.41) is 11.2. The zero-order chi connectivity index (χ0) is 64.6. The van der Waals surface area contributed by atoms with E-state index in [0.717, 1.165) is 62.2 Å². The van der Waals surface area contributed by atoms with Crippen molar-refractivity contribution < 1.29 is 57.4 Å². The van der Waals surface area contributed by atoms with E-state index in [2.05, 4.69) is 84.6 Å². The van der Waals surface area contributed by atoms with Gasteiger partial charge in [0, 0.05) is 76.8 Å². The number of aliphatic hydroxyl groups excluding tert-OH is 1. The van der Waals surface area contributed by atoms with Gasteiger partial charge < -0.3 is 60.4 Å². The van der Waals surface area contributed by atoms with Gasteiger partial charge in [0.2, 0.25) is 17.4 Å². The number of aromatic nitrogens is 1. The molecule has 4 rings (SSSR count). The molecule has 3 aromatic rings. The topological polar surface area (TPSA) is 264 Å². The quantitative estimate of drug-likeness (QED) is 0.0208. The molecule has 0 spiro atoms. The smallest absolute Gasteiger partial charge is 0.309 e. The molecule has 0 radical (unpaired) electrons. The first kappa shape index (κ1) is 81.2. The number of pyridine rings is 1. The van der Waals surface area contributed by atoms with Gasteiger partial charge in [0.25, 0.3) is 0 Å². The highest BCUT2D eigenvalue weighted by Crippen LogP contribution is 2.38. The third kappa shape index (κ3) is 30.4. The number of nitrogens with two attached hydrogens (primary N) is 3. The molecule has 2 amide bonds. The third-order valence-electron chi connectivity index (χ3n) is 16.6. The van der Waals surface area contributed by atoms with Gasteiger partial charge in [-0.2, -0.15) is 0 Å². The number of hydrogen-bond acceptors (Lipinski definition) is 14. The summed E-state index contributed by atoms with van der Waals surface area (Å²) in [6.07, 6.45) is 8.42. The second-order valence-electron chi connectivity index (χ2n) is 25.8. The van der Waals surface area contributed by atoms with Crippen LogP contribution in [0.5, 0.6) is 23.0 Å². The monoisotopic (exact) mass is 1320 g/mol. The normalized spacial score (nSPS) is 16.1. The Kier molecular flexibility index (Phi) is 39.9.